The fourth-order valence-corrected chi connectivity index (χ4v) is 2.91. The Morgan fingerprint density at radius 2 is 2.04 bits per heavy atom. The summed E-state index contributed by atoms with van der Waals surface area (Å²) >= 11 is 0. The molecule has 1 N–H and O–H groups in total. The van der Waals surface area contributed by atoms with Gasteiger partial charge in [-0.3, -0.25) is 9.69 Å². The van der Waals surface area contributed by atoms with Crippen LogP contribution in [0.2, 0.25) is 0 Å². The number of fused-ring (bicyclic) bond motifs is 1. The smallest absolute Gasteiger partial charge is 0.336 e. The van der Waals surface area contributed by atoms with Crippen LogP contribution in [0.4, 0.5) is 5.69 Å². The molecular formula is C18H22N2O4. The Hall–Kier alpha value is -2.18. The van der Waals surface area contributed by atoms with Gasteiger partial charge in [0.1, 0.15) is 5.58 Å². The van der Waals surface area contributed by atoms with Crippen LogP contribution in [0.5, 0.6) is 0 Å². The lowest BCUT2D eigenvalue weighted by Gasteiger charge is -2.26. The lowest BCUT2D eigenvalue weighted by Crippen LogP contribution is -2.37. The third kappa shape index (κ3) is 4.21. The molecule has 1 aromatic carbocycles. The number of benzene rings is 1. The van der Waals surface area contributed by atoms with Crippen molar-refractivity contribution in [3.8, 4) is 0 Å². The molecule has 1 aliphatic heterocycles. The lowest BCUT2D eigenvalue weighted by atomic mass is 10.1. The van der Waals surface area contributed by atoms with Gasteiger partial charge in [0.2, 0.25) is 5.91 Å². The van der Waals surface area contributed by atoms with Crippen LogP contribution in [0.1, 0.15) is 18.4 Å². The molecule has 0 saturated carbocycles. The zero-order valence-corrected chi connectivity index (χ0v) is 13.8. The van der Waals surface area contributed by atoms with Crippen LogP contribution in [0, 0.1) is 6.92 Å². The number of amides is 1. The molecular weight excluding hydrogens is 308 g/mol. The number of anilines is 1. The van der Waals surface area contributed by atoms with Crippen molar-refractivity contribution in [1.82, 2.24) is 4.90 Å². The van der Waals surface area contributed by atoms with Crippen LogP contribution in [-0.4, -0.2) is 43.7 Å². The predicted molar refractivity (Wildman–Crippen MR) is 92.3 cm³/mol. The van der Waals surface area contributed by atoms with Crippen LogP contribution in [0.3, 0.4) is 0 Å². The second-order valence-electron chi connectivity index (χ2n) is 6.07. The molecule has 0 atom stereocenters. The summed E-state index contributed by atoms with van der Waals surface area (Å²) in [5, 5.41) is 3.74. The maximum absolute atomic E-state index is 12.1. The molecule has 0 bridgehead atoms. The molecule has 0 unspecified atom stereocenters. The van der Waals surface area contributed by atoms with E-state index in [4.69, 9.17) is 9.15 Å². The van der Waals surface area contributed by atoms with E-state index in [1.807, 2.05) is 19.1 Å². The number of hydrogen-bond donors (Lipinski definition) is 1. The Morgan fingerprint density at radius 1 is 1.25 bits per heavy atom. The van der Waals surface area contributed by atoms with E-state index >= 15 is 0 Å². The molecule has 6 nitrogen and oxygen atoms in total. The van der Waals surface area contributed by atoms with E-state index in [2.05, 4.69) is 10.2 Å². The van der Waals surface area contributed by atoms with Gasteiger partial charge in [-0.1, -0.05) is 0 Å². The first-order chi connectivity index (χ1) is 11.6. The molecule has 1 fully saturated rings. The van der Waals surface area contributed by atoms with Crippen molar-refractivity contribution in [2.24, 2.45) is 0 Å². The molecule has 2 heterocycles. The highest BCUT2D eigenvalue weighted by Crippen LogP contribution is 2.20. The summed E-state index contributed by atoms with van der Waals surface area (Å²) in [7, 11) is 0. The minimum atomic E-state index is -0.381. The van der Waals surface area contributed by atoms with Gasteiger partial charge in [0.25, 0.3) is 0 Å². The number of ether oxygens (including phenoxy) is 1. The first kappa shape index (κ1) is 16.7. The van der Waals surface area contributed by atoms with Crippen molar-refractivity contribution in [2.45, 2.75) is 19.8 Å². The van der Waals surface area contributed by atoms with Gasteiger partial charge in [-0.05, 0) is 37.6 Å². The summed E-state index contributed by atoms with van der Waals surface area (Å²) in [6, 6.07) is 6.85. The number of carbonyl (C=O) groups excluding carboxylic acids is 1. The van der Waals surface area contributed by atoms with E-state index in [-0.39, 0.29) is 11.5 Å². The number of aryl methyl sites for hydroxylation is 1. The molecule has 2 aromatic rings. The molecule has 128 valence electrons. The fraction of sp³-hybridized carbons (Fsp3) is 0.444. The second kappa shape index (κ2) is 7.59. The number of carbonyl (C=O) groups is 1. The van der Waals surface area contributed by atoms with Crippen molar-refractivity contribution in [3.63, 3.8) is 0 Å². The van der Waals surface area contributed by atoms with Gasteiger partial charge >= 0.3 is 5.63 Å². The third-order valence-electron chi connectivity index (χ3n) is 4.22. The SMILES string of the molecule is Cc1cc(=O)oc2cc(NC(=O)CCCN3CCOCC3)ccc12. The van der Waals surface area contributed by atoms with Crippen LogP contribution in [0.15, 0.2) is 33.5 Å². The van der Waals surface area contributed by atoms with Crippen molar-refractivity contribution < 1.29 is 13.9 Å². The molecule has 1 saturated heterocycles. The predicted octanol–water partition coefficient (Wildman–Crippen LogP) is 2.15. The van der Waals surface area contributed by atoms with Crippen molar-refractivity contribution in [1.29, 1.82) is 0 Å². The van der Waals surface area contributed by atoms with Gasteiger partial charge in [-0.2, -0.15) is 0 Å². The van der Waals surface area contributed by atoms with Crippen LogP contribution >= 0.6 is 0 Å². The van der Waals surface area contributed by atoms with Crippen LogP contribution in [-0.2, 0) is 9.53 Å². The van der Waals surface area contributed by atoms with Crippen LogP contribution < -0.4 is 10.9 Å². The van der Waals surface area contributed by atoms with E-state index < -0.39 is 0 Å². The minimum Gasteiger partial charge on any atom is -0.423 e. The van der Waals surface area contributed by atoms with Gasteiger partial charge in [0.05, 0.1) is 13.2 Å². The largest absolute Gasteiger partial charge is 0.423 e. The topological polar surface area (TPSA) is 71.8 Å². The van der Waals surface area contributed by atoms with E-state index in [1.54, 1.807) is 6.07 Å². The maximum Gasteiger partial charge on any atom is 0.336 e. The molecule has 0 spiro atoms. The normalized spacial score (nSPS) is 15.5. The summed E-state index contributed by atoms with van der Waals surface area (Å²) < 4.78 is 10.5. The van der Waals surface area contributed by atoms with Crippen molar-refractivity contribution in [3.05, 3.63) is 40.2 Å². The van der Waals surface area contributed by atoms with Gasteiger partial charge in [-0.25, -0.2) is 4.79 Å². The fourth-order valence-electron chi connectivity index (χ4n) is 2.91. The second-order valence-corrected chi connectivity index (χ2v) is 6.07. The summed E-state index contributed by atoms with van der Waals surface area (Å²) in [5.74, 6) is -0.0300. The standard InChI is InChI=1S/C18H22N2O4/c1-13-11-18(22)24-16-12-14(4-5-15(13)16)19-17(21)3-2-6-20-7-9-23-10-8-20/h4-5,11-12H,2-3,6-10H2,1H3,(H,19,21). The number of morpholine rings is 1. The van der Waals surface area contributed by atoms with Gasteiger partial charge < -0.3 is 14.5 Å². The van der Waals surface area contributed by atoms with Gasteiger partial charge in [0.15, 0.2) is 0 Å². The van der Waals surface area contributed by atoms with Crippen LogP contribution in [0.25, 0.3) is 11.0 Å². The van der Waals surface area contributed by atoms with Gasteiger partial charge in [0, 0.05) is 42.7 Å². The van der Waals surface area contributed by atoms with E-state index in [0.717, 1.165) is 50.2 Å². The molecule has 1 aromatic heterocycles. The molecule has 0 aliphatic carbocycles. The molecule has 1 amide bonds. The summed E-state index contributed by atoms with van der Waals surface area (Å²) in [4.78, 5) is 25.8. The minimum absolute atomic E-state index is 0.0300. The number of nitrogens with one attached hydrogen (secondary N) is 1. The highest BCUT2D eigenvalue weighted by atomic mass is 16.5. The summed E-state index contributed by atoms with van der Waals surface area (Å²) in [6.07, 6.45) is 1.28. The van der Waals surface area contributed by atoms with E-state index in [1.165, 1.54) is 6.07 Å². The first-order valence-corrected chi connectivity index (χ1v) is 8.26. The quantitative estimate of drug-likeness (QED) is 0.851. The molecule has 24 heavy (non-hydrogen) atoms. The highest BCUT2D eigenvalue weighted by molar-refractivity contribution is 5.93. The lowest BCUT2D eigenvalue weighted by molar-refractivity contribution is -0.116. The van der Waals surface area contributed by atoms with Crippen molar-refractivity contribution in [2.75, 3.05) is 38.2 Å². The van der Waals surface area contributed by atoms with Gasteiger partial charge in [-0.15, -0.1) is 0 Å². The molecule has 3 rings (SSSR count). The van der Waals surface area contributed by atoms with E-state index in [9.17, 15) is 9.59 Å². The Labute approximate surface area is 140 Å². The van der Waals surface area contributed by atoms with E-state index in [0.29, 0.717) is 17.7 Å². The summed E-state index contributed by atoms with van der Waals surface area (Å²) in [6.45, 7) is 6.18. The molecule has 0 radical (unpaired) electrons. The Bertz CT molecular complexity index is 778. The average Bonchev–Trinajstić information content (AvgIpc) is 2.55. The molecule has 6 heteroatoms. The first-order valence-electron chi connectivity index (χ1n) is 8.26. The summed E-state index contributed by atoms with van der Waals surface area (Å²) in [5.41, 5.74) is 1.62. The molecule has 1 aliphatic rings. The number of rotatable bonds is 5. The number of hydrogen-bond acceptors (Lipinski definition) is 5. The number of nitrogens with zero attached hydrogens (tertiary/aromatic N) is 1. The monoisotopic (exact) mass is 330 g/mol. The maximum atomic E-state index is 12.1. The average molecular weight is 330 g/mol. The Balaban J connectivity index is 1.56. The zero-order valence-electron chi connectivity index (χ0n) is 13.8. The Morgan fingerprint density at radius 3 is 2.83 bits per heavy atom. The third-order valence-corrected chi connectivity index (χ3v) is 4.22. The zero-order chi connectivity index (χ0) is 16.9. The Kier molecular flexibility index (Phi) is 5.27. The van der Waals surface area contributed by atoms with Crippen molar-refractivity contribution >= 4 is 22.6 Å². The highest BCUT2D eigenvalue weighted by Gasteiger charge is 2.11.